The maximum absolute atomic E-state index is 12.0. The highest BCUT2D eigenvalue weighted by atomic mass is 16.7. The Labute approximate surface area is 138 Å². The fourth-order valence-corrected chi connectivity index (χ4v) is 2.73. The highest BCUT2D eigenvalue weighted by molar-refractivity contribution is 5.89. The number of nitrogens with one attached hydrogen (secondary N) is 1. The molecule has 1 aromatic heterocycles. The summed E-state index contributed by atoms with van der Waals surface area (Å²) in [6.45, 7) is 1.44. The average Bonchev–Trinajstić information content (AvgIpc) is 3.33. The van der Waals surface area contributed by atoms with Crippen LogP contribution in [0.15, 0.2) is 22.6 Å². The predicted octanol–water partition coefficient (Wildman–Crippen LogP) is 1.30. The third-order valence-electron chi connectivity index (χ3n) is 3.97. The van der Waals surface area contributed by atoms with E-state index in [1.165, 1.54) is 0 Å². The second-order valence-corrected chi connectivity index (χ2v) is 5.71. The van der Waals surface area contributed by atoms with E-state index in [9.17, 15) is 4.79 Å². The van der Waals surface area contributed by atoms with Crippen molar-refractivity contribution < 1.29 is 23.4 Å². The molecule has 2 aromatic rings. The monoisotopic (exact) mass is 331 g/mol. The first-order valence-corrected chi connectivity index (χ1v) is 7.88. The van der Waals surface area contributed by atoms with Gasteiger partial charge in [0.05, 0.1) is 12.5 Å². The van der Waals surface area contributed by atoms with Gasteiger partial charge in [-0.15, -0.1) is 10.2 Å². The molecule has 1 atom stereocenters. The van der Waals surface area contributed by atoms with E-state index in [4.69, 9.17) is 18.6 Å². The lowest BCUT2D eigenvalue weighted by Gasteiger charge is -2.08. The van der Waals surface area contributed by atoms with Crippen LogP contribution in [0, 0.1) is 0 Å². The number of fused-ring (bicyclic) bond motifs is 1. The topological polar surface area (TPSA) is 95.7 Å². The summed E-state index contributed by atoms with van der Waals surface area (Å²) < 4.78 is 21.5. The van der Waals surface area contributed by atoms with Crippen LogP contribution in [0.25, 0.3) is 0 Å². The van der Waals surface area contributed by atoms with Crippen molar-refractivity contribution in [3.63, 3.8) is 0 Å². The zero-order chi connectivity index (χ0) is 16.4. The Hall–Kier alpha value is -2.61. The van der Waals surface area contributed by atoms with Gasteiger partial charge in [-0.05, 0) is 30.5 Å². The van der Waals surface area contributed by atoms with Crippen LogP contribution >= 0.6 is 0 Å². The molecule has 1 N–H and O–H groups in total. The van der Waals surface area contributed by atoms with Crippen LogP contribution in [0.5, 0.6) is 11.5 Å². The SMILES string of the molecule is O=C(NC[C@H]1CCCO1)c1nnc(Cc2ccc3c(c2)OCO3)o1. The van der Waals surface area contributed by atoms with Crippen molar-refractivity contribution in [1.29, 1.82) is 0 Å². The van der Waals surface area contributed by atoms with Crippen molar-refractivity contribution in [2.75, 3.05) is 19.9 Å². The number of amides is 1. The van der Waals surface area contributed by atoms with E-state index in [1.807, 2.05) is 18.2 Å². The summed E-state index contributed by atoms with van der Waals surface area (Å²) >= 11 is 0. The van der Waals surface area contributed by atoms with Crippen molar-refractivity contribution in [2.45, 2.75) is 25.4 Å². The molecule has 126 valence electrons. The van der Waals surface area contributed by atoms with E-state index < -0.39 is 0 Å². The number of nitrogens with zero attached hydrogens (tertiary/aromatic N) is 2. The zero-order valence-electron chi connectivity index (χ0n) is 13.0. The summed E-state index contributed by atoms with van der Waals surface area (Å²) in [5, 5.41) is 10.5. The van der Waals surface area contributed by atoms with Crippen LogP contribution < -0.4 is 14.8 Å². The minimum atomic E-state index is -0.380. The Morgan fingerprint density at radius 1 is 1.25 bits per heavy atom. The van der Waals surface area contributed by atoms with E-state index in [-0.39, 0.29) is 24.7 Å². The van der Waals surface area contributed by atoms with E-state index >= 15 is 0 Å². The molecule has 1 saturated heterocycles. The van der Waals surface area contributed by atoms with E-state index in [1.54, 1.807) is 0 Å². The van der Waals surface area contributed by atoms with Gasteiger partial charge in [0, 0.05) is 13.2 Å². The third kappa shape index (κ3) is 3.18. The number of carbonyl (C=O) groups excluding carboxylic acids is 1. The molecule has 0 aliphatic carbocycles. The number of benzene rings is 1. The molecule has 8 nitrogen and oxygen atoms in total. The molecule has 0 saturated carbocycles. The van der Waals surface area contributed by atoms with Crippen molar-refractivity contribution in [3.05, 3.63) is 35.5 Å². The van der Waals surface area contributed by atoms with E-state index in [0.717, 1.165) is 30.8 Å². The van der Waals surface area contributed by atoms with Gasteiger partial charge in [0.15, 0.2) is 11.5 Å². The molecule has 1 fully saturated rings. The van der Waals surface area contributed by atoms with Crippen LogP contribution in [0.2, 0.25) is 0 Å². The lowest BCUT2D eigenvalue weighted by Crippen LogP contribution is -2.31. The first kappa shape index (κ1) is 14.9. The standard InChI is InChI=1S/C16H17N3O5/c20-15(17-8-11-2-1-5-21-11)16-19-18-14(24-16)7-10-3-4-12-13(6-10)23-9-22-12/h3-4,6,11H,1-2,5,7-9H2,(H,17,20)/t11-/m1/s1. The summed E-state index contributed by atoms with van der Waals surface area (Å²) in [5.74, 6) is 1.37. The van der Waals surface area contributed by atoms with E-state index in [2.05, 4.69) is 15.5 Å². The molecule has 8 heteroatoms. The van der Waals surface area contributed by atoms with Gasteiger partial charge in [-0.25, -0.2) is 0 Å². The molecule has 2 aliphatic heterocycles. The highest BCUT2D eigenvalue weighted by Gasteiger charge is 2.20. The Bertz CT molecular complexity index is 739. The van der Waals surface area contributed by atoms with Crippen LogP contribution in [-0.2, 0) is 11.2 Å². The summed E-state index contributed by atoms with van der Waals surface area (Å²) in [5.41, 5.74) is 0.939. The quantitative estimate of drug-likeness (QED) is 0.882. The first-order chi connectivity index (χ1) is 11.8. The van der Waals surface area contributed by atoms with Crippen molar-refractivity contribution >= 4 is 5.91 Å². The number of ether oxygens (including phenoxy) is 3. The van der Waals surface area contributed by atoms with Gasteiger partial charge in [-0.1, -0.05) is 6.07 Å². The molecule has 4 rings (SSSR count). The molecule has 24 heavy (non-hydrogen) atoms. The van der Waals surface area contributed by atoms with Gasteiger partial charge in [0.1, 0.15) is 0 Å². The fraction of sp³-hybridized carbons (Fsp3) is 0.438. The molecular weight excluding hydrogens is 314 g/mol. The normalized spacial score (nSPS) is 18.8. The van der Waals surface area contributed by atoms with Crippen molar-refractivity contribution in [1.82, 2.24) is 15.5 Å². The molecule has 1 aromatic carbocycles. The Balaban J connectivity index is 1.36. The Morgan fingerprint density at radius 3 is 3.04 bits per heavy atom. The molecule has 1 amide bonds. The molecule has 0 bridgehead atoms. The smallest absolute Gasteiger partial charge is 0.308 e. The maximum atomic E-state index is 12.0. The summed E-state index contributed by atoms with van der Waals surface area (Å²) in [4.78, 5) is 12.0. The number of carbonyl (C=O) groups is 1. The van der Waals surface area contributed by atoms with Crippen LogP contribution in [-0.4, -0.2) is 42.2 Å². The number of hydrogen-bond acceptors (Lipinski definition) is 7. The molecular formula is C16H17N3O5. The zero-order valence-corrected chi connectivity index (χ0v) is 13.0. The van der Waals surface area contributed by atoms with Crippen LogP contribution in [0.3, 0.4) is 0 Å². The molecule has 0 unspecified atom stereocenters. The average molecular weight is 331 g/mol. The minimum absolute atomic E-state index is 0.0382. The highest BCUT2D eigenvalue weighted by Crippen LogP contribution is 2.32. The van der Waals surface area contributed by atoms with Crippen molar-refractivity contribution in [2.24, 2.45) is 0 Å². The van der Waals surface area contributed by atoms with Gasteiger partial charge in [-0.3, -0.25) is 4.79 Å². The van der Waals surface area contributed by atoms with Gasteiger partial charge in [-0.2, -0.15) is 0 Å². The van der Waals surface area contributed by atoms with Gasteiger partial charge in [0.25, 0.3) is 0 Å². The third-order valence-corrected chi connectivity index (χ3v) is 3.97. The van der Waals surface area contributed by atoms with Crippen LogP contribution in [0.4, 0.5) is 0 Å². The molecule has 0 radical (unpaired) electrons. The van der Waals surface area contributed by atoms with Crippen LogP contribution in [0.1, 0.15) is 35.0 Å². The van der Waals surface area contributed by atoms with E-state index in [0.29, 0.717) is 24.6 Å². The lowest BCUT2D eigenvalue weighted by atomic mass is 10.1. The van der Waals surface area contributed by atoms with Gasteiger partial charge in [0.2, 0.25) is 12.7 Å². The molecule has 2 aliphatic rings. The molecule has 3 heterocycles. The first-order valence-electron chi connectivity index (χ1n) is 7.88. The molecule has 0 spiro atoms. The number of hydrogen-bond donors (Lipinski definition) is 1. The summed E-state index contributed by atoms with van der Waals surface area (Å²) in [6.07, 6.45) is 2.48. The van der Waals surface area contributed by atoms with Crippen molar-refractivity contribution in [3.8, 4) is 11.5 Å². The summed E-state index contributed by atoms with van der Waals surface area (Å²) in [6, 6.07) is 5.60. The minimum Gasteiger partial charge on any atom is -0.454 e. The Kier molecular flexibility index (Phi) is 4.04. The second-order valence-electron chi connectivity index (χ2n) is 5.71. The lowest BCUT2D eigenvalue weighted by molar-refractivity contribution is 0.0828. The largest absolute Gasteiger partial charge is 0.454 e. The van der Waals surface area contributed by atoms with Gasteiger partial charge >= 0.3 is 11.8 Å². The summed E-state index contributed by atoms with van der Waals surface area (Å²) in [7, 11) is 0. The predicted molar refractivity (Wildman–Crippen MR) is 81.0 cm³/mol. The fourth-order valence-electron chi connectivity index (χ4n) is 2.73. The maximum Gasteiger partial charge on any atom is 0.308 e. The van der Waals surface area contributed by atoms with Gasteiger partial charge < -0.3 is 23.9 Å². The Morgan fingerprint density at radius 2 is 2.17 bits per heavy atom. The number of aromatic nitrogens is 2. The number of rotatable bonds is 5. The second kappa shape index (κ2) is 6.48.